The lowest BCUT2D eigenvalue weighted by molar-refractivity contribution is -0.384. The molecular weight excluding hydrogens is 520 g/mol. The Labute approximate surface area is 237 Å². The van der Waals surface area contributed by atoms with Crippen molar-refractivity contribution in [3.05, 3.63) is 109 Å². The zero-order valence-corrected chi connectivity index (χ0v) is 23.1. The first-order valence-corrected chi connectivity index (χ1v) is 13.9. The van der Waals surface area contributed by atoms with Crippen molar-refractivity contribution >= 4 is 22.6 Å². The van der Waals surface area contributed by atoms with Gasteiger partial charge in [-0.1, -0.05) is 54.6 Å². The number of hydrogen-bond donors (Lipinski definition) is 1. The number of carboxylic acids is 1. The van der Waals surface area contributed by atoms with E-state index < -0.39 is 16.3 Å². The molecule has 1 N–H and O–H groups in total. The van der Waals surface area contributed by atoms with Crippen LogP contribution in [0.5, 0.6) is 0 Å². The largest absolute Gasteiger partial charge is 0.477 e. The predicted molar refractivity (Wildman–Crippen MR) is 158 cm³/mol. The van der Waals surface area contributed by atoms with Crippen LogP contribution in [0.1, 0.15) is 52.0 Å². The number of carboxylic acid groups (broad SMARTS) is 1. The van der Waals surface area contributed by atoms with Gasteiger partial charge in [-0.2, -0.15) is 0 Å². The first-order valence-electron chi connectivity index (χ1n) is 13.9. The number of pyridine rings is 1. The molecule has 4 aromatic rings. The number of fused-ring (bicyclic) bond motifs is 1. The normalized spacial score (nSPS) is 17.0. The van der Waals surface area contributed by atoms with Gasteiger partial charge in [0.1, 0.15) is 5.56 Å². The van der Waals surface area contributed by atoms with Crippen molar-refractivity contribution < 1.29 is 14.8 Å². The molecular formula is C32H32N4O5. The summed E-state index contributed by atoms with van der Waals surface area (Å²) in [6.07, 6.45) is 3.13. The monoisotopic (exact) mass is 552 g/mol. The lowest BCUT2D eigenvalue weighted by atomic mass is 9.91. The number of likely N-dealkylation sites (N-methyl/N-ethyl adjacent to an activating group) is 1. The maximum Gasteiger partial charge on any atom is 0.341 e. The number of piperazine rings is 1. The van der Waals surface area contributed by atoms with E-state index in [1.54, 1.807) is 6.92 Å². The Morgan fingerprint density at radius 3 is 2.22 bits per heavy atom. The fourth-order valence-corrected chi connectivity index (χ4v) is 6.17. The Morgan fingerprint density at radius 2 is 1.63 bits per heavy atom. The van der Waals surface area contributed by atoms with Crippen LogP contribution < -0.4 is 5.43 Å². The minimum atomic E-state index is -1.33. The molecule has 0 bridgehead atoms. The topological polar surface area (TPSA) is 109 Å². The van der Waals surface area contributed by atoms with Gasteiger partial charge in [0.25, 0.3) is 5.69 Å². The van der Waals surface area contributed by atoms with E-state index in [2.05, 4.69) is 29.0 Å². The van der Waals surface area contributed by atoms with Crippen molar-refractivity contribution in [2.24, 2.45) is 0 Å². The molecule has 1 aromatic heterocycles. The number of benzene rings is 3. The van der Waals surface area contributed by atoms with Gasteiger partial charge in [0.05, 0.1) is 27.4 Å². The van der Waals surface area contributed by atoms with Crippen molar-refractivity contribution in [3.63, 3.8) is 0 Å². The van der Waals surface area contributed by atoms with E-state index >= 15 is 0 Å². The summed E-state index contributed by atoms with van der Waals surface area (Å²) < 4.78 is 1.83. The van der Waals surface area contributed by atoms with Crippen LogP contribution in [0.3, 0.4) is 0 Å². The second-order valence-corrected chi connectivity index (χ2v) is 11.1. The van der Waals surface area contributed by atoms with Gasteiger partial charge in [-0.3, -0.25) is 19.8 Å². The zero-order valence-electron chi connectivity index (χ0n) is 23.1. The third kappa shape index (κ3) is 4.92. The van der Waals surface area contributed by atoms with Crippen LogP contribution in [-0.2, 0) is 0 Å². The highest BCUT2D eigenvalue weighted by atomic mass is 16.6. The van der Waals surface area contributed by atoms with Crippen molar-refractivity contribution in [2.75, 3.05) is 33.2 Å². The third-order valence-electron chi connectivity index (χ3n) is 8.44. The summed E-state index contributed by atoms with van der Waals surface area (Å²) in [6, 6.07) is 19.7. The lowest BCUT2D eigenvalue weighted by Gasteiger charge is -2.38. The second kappa shape index (κ2) is 10.6. The Hall–Kier alpha value is -4.34. The van der Waals surface area contributed by atoms with Crippen LogP contribution in [0.2, 0.25) is 0 Å². The number of rotatable bonds is 7. The Morgan fingerprint density at radius 1 is 1.00 bits per heavy atom. The molecule has 1 aliphatic heterocycles. The minimum Gasteiger partial charge on any atom is -0.477 e. The number of hydrogen-bond acceptors (Lipinski definition) is 6. The number of nitro groups is 1. The number of carbonyl (C=O) groups is 1. The van der Waals surface area contributed by atoms with E-state index in [0.717, 1.165) is 44.6 Å². The predicted octanol–water partition coefficient (Wildman–Crippen LogP) is 5.26. The van der Waals surface area contributed by atoms with Gasteiger partial charge in [-0.05, 0) is 49.1 Å². The van der Waals surface area contributed by atoms with E-state index in [0.29, 0.717) is 22.2 Å². The molecule has 9 heteroatoms. The fraction of sp³-hybridized carbons (Fsp3) is 0.312. The highest BCUT2D eigenvalue weighted by Gasteiger charge is 2.31. The van der Waals surface area contributed by atoms with Crippen molar-refractivity contribution in [1.82, 2.24) is 14.4 Å². The van der Waals surface area contributed by atoms with Gasteiger partial charge in [0, 0.05) is 44.5 Å². The fourth-order valence-electron chi connectivity index (χ4n) is 6.17. The molecule has 210 valence electrons. The van der Waals surface area contributed by atoms with Gasteiger partial charge in [-0.25, -0.2) is 4.79 Å². The van der Waals surface area contributed by atoms with Crippen LogP contribution in [0.25, 0.3) is 22.0 Å². The number of aromatic nitrogens is 1. The quantitative estimate of drug-likeness (QED) is 0.246. The van der Waals surface area contributed by atoms with E-state index in [4.69, 9.17) is 0 Å². The van der Waals surface area contributed by atoms with E-state index in [1.807, 2.05) is 47.0 Å². The van der Waals surface area contributed by atoms with Crippen LogP contribution in [0.15, 0.2) is 71.7 Å². The van der Waals surface area contributed by atoms with E-state index in [-0.39, 0.29) is 28.7 Å². The molecule has 0 spiro atoms. The van der Waals surface area contributed by atoms with Gasteiger partial charge in [0.2, 0.25) is 5.43 Å². The maximum atomic E-state index is 13.1. The molecule has 1 aliphatic carbocycles. The van der Waals surface area contributed by atoms with Crippen LogP contribution in [0.4, 0.5) is 5.69 Å². The van der Waals surface area contributed by atoms with Gasteiger partial charge in [0.15, 0.2) is 0 Å². The summed E-state index contributed by atoms with van der Waals surface area (Å²) in [5.41, 5.74) is 3.31. The highest BCUT2D eigenvalue weighted by molar-refractivity contribution is 5.98. The Kier molecular flexibility index (Phi) is 6.93. The van der Waals surface area contributed by atoms with Crippen molar-refractivity contribution in [1.29, 1.82) is 0 Å². The molecule has 2 fully saturated rings. The van der Waals surface area contributed by atoms with Gasteiger partial charge < -0.3 is 14.6 Å². The highest BCUT2D eigenvalue weighted by Crippen LogP contribution is 2.43. The molecule has 41 heavy (non-hydrogen) atoms. The number of nitrogens with zero attached hydrogens (tertiary/aromatic N) is 4. The maximum absolute atomic E-state index is 13.1. The Bertz CT molecular complexity index is 1700. The first-order chi connectivity index (χ1) is 19.7. The molecule has 3 aromatic carbocycles. The van der Waals surface area contributed by atoms with Gasteiger partial charge >= 0.3 is 5.97 Å². The lowest BCUT2D eigenvalue weighted by Crippen LogP contribution is -2.46. The Balaban J connectivity index is 1.49. The van der Waals surface area contributed by atoms with Crippen LogP contribution >= 0.6 is 0 Å². The van der Waals surface area contributed by atoms with Crippen molar-refractivity contribution in [2.45, 2.75) is 31.8 Å². The SMILES string of the molecule is Cc1c(-c2ccc(C(c3ccccc3)N3CCN(C)CC3)cc2)c([N+](=O)[O-])cc2c(=O)c(C(=O)O)cn(C3CC3)c12. The third-order valence-corrected chi connectivity index (χ3v) is 8.44. The minimum absolute atomic E-state index is 0.0566. The van der Waals surface area contributed by atoms with Crippen LogP contribution in [-0.4, -0.2) is 63.6 Å². The summed E-state index contributed by atoms with van der Waals surface area (Å²) >= 11 is 0. The average Bonchev–Trinajstić information content (AvgIpc) is 3.81. The summed E-state index contributed by atoms with van der Waals surface area (Å²) in [7, 11) is 2.13. The smallest absolute Gasteiger partial charge is 0.341 e. The molecule has 9 nitrogen and oxygen atoms in total. The zero-order chi connectivity index (χ0) is 28.8. The van der Waals surface area contributed by atoms with Crippen molar-refractivity contribution in [3.8, 4) is 11.1 Å². The molecule has 0 amide bonds. The summed E-state index contributed by atoms with van der Waals surface area (Å²) in [4.78, 5) is 41.6. The molecule has 2 aliphatic rings. The number of aryl methyl sites for hydroxylation is 1. The molecule has 0 radical (unpaired) electrons. The molecule has 1 unspecified atom stereocenters. The number of nitro benzene ring substituents is 1. The van der Waals surface area contributed by atoms with E-state index in [9.17, 15) is 24.8 Å². The molecule has 1 saturated heterocycles. The standard InChI is InChI=1S/C32H32N4O5/c1-20-28(27(36(40)41)18-25-29(20)35(24-12-13-24)19-26(31(25)37)32(38)39)21-8-10-23(11-9-21)30(22-6-4-3-5-7-22)34-16-14-33(2)15-17-34/h3-11,18-19,24,30H,12-17H2,1-2H3,(H,38,39). The molecule has 2 heterocycles. The summed E-state index contributed by atoms with van der Waals surface area (Å²) in [5.74, 6) is -1.33. The molecule has 1 atom stereocenters. The van der Waals surface area contributed by atoms with Gasteiger partial charge in [-0.15, -0.1) is 0 Å². The molecule has 6 rings (SSSR count). The van der Waals surface area contributed by atoms with Crippen LogP contribution in [0, 0.1) is 17.0 Å². The summed E-state index contributed by atoms with van der Waals surface area (Å²) in [6.45, 7) is 5.62. The average molecular weight is 553 g/mol. The number of aromatic carboxylic acids is 1. The second-order valence-electron chi connectivity index (χ2n) is 11.1. The summed E-state index contributed by atoms with van der Waals surface area (Å²) in [5, 5.41) is 22.0. The molecule has 1 saturated carbocycles. The van der Waals surface area contributed by atoms with E-state index in [1.165, 1.54) is 17.8 Å². The first kappa shape index (κ1) is 26.9.